The Morgan fingerprint density at radius 1 is 1.07 bits per heavy atom. The number of ether oxygens (including phenoxy) is 4. The molecular formula is C19H19NO7. The molecule has 0 aliphatic carbocycles. The first-order valence-electron chi connectivity index (χ1n) is 8.38. The lowest BCUT2D eigenvalue weighted by molar-refractivity contribution is 0.0473. The Labute approximate surface area is 155 Å². The third kappa shape index (κ3) is 3.64. The van der Waals surface area contributed by atoms with Crippen LogP contribution >= 0.6 is 0 Å². The fourth-order valence-electron chi connectivity index (χ4n) is 2.82. The largest absolute Gasteiger partial charge is 0.461 e. The van der Waals surface area contributed by atoms with Gasteiger partial charge in [0.25, 0.3) is 0 Å². The van der Waals surface area contributed by atoms with E-state index in [2.05, 4.69) is 4.98 Å². The Hall–Kier alpha value is -3.29. The average Bonchev–Trinajstić information content (AvgIpc) is 3.23. The van der Waals surface area contributed by atoms with E-state index in [1.165, 1.54) is 0 Å². The number of esters is 2. The predicted octanol–water partition coefficient (Wildman–Crippen LogP) is 2.58. The number of hydrogen-bond donors (Lipinski definition) is 1. The summed E-state index contributed by atoms with van der Waals surface area (Å²) in [6.07, 6.45) is 0. The standard InChI is InChI=1S/C19H19NO7/c1-4-24-19(23)17-10(2)16(11(3)20-17)18(22)25-8-13(21)12-5-6-14-15(7-12)27-9-26-14/h5-7,20H,4,8-9H2,1-3H3. The number of rotatable bonds is 6. The van der Waals surface area contributed by atoms with Crippen molar-refractivity contribution in [2.75, 3.05) is 20.0 Å². The second-order valence-corrected chi connectivity index (χ2v) is 5.91. The summed E-state index contributed by atoms with van der Waals surface area (Å²) in [6.45, 7) is 4.85. The van der Waals surface area contributed by atoms with Crippen LogP contribution in [0.25, 0.3) is 0 Å². The van der Waals surface area contributed by atoms with Gasteiger partial charge < -0.3 is 23.9 Å². The SMILES string of the molecule is CCOC(=O)c1[nH]c(C)c(C(=O)OCC(=O)c2ccc3c(c2)OCO3)c1C. The van der Waals surface area contributed by atoms with Gasteiger partial charge in [0, 0.05) is 11.3 Å². The van der Waals surface area contributed by atoms with Crippen molar-refractivity contribution >= 4 is 17.7 Å². The minimum Gasteiger partial charge on any atom is -0.461 e. The lowest BCUT2D eigenvalue weighted by Crippen LogP contribution is -2.15. The van der Waals surface area contributed by atoms with Gasteiger partial charge in [-0.1, -0.05) is 0 Å². The average molecular weight is 373 g/mol. The van der Waals surface area contributed by atoms with E-state index in [1.54, 1.807) is 39.0 Å². The predicted molar refractivity (Wildman–Crippen MR) is 93.4 cm³/mol. The molecule has 8 nitrogen and oxygen atoms in total. The van der Waals surface area contributed by atoms with Crippen LogP contribution in [0.15, 0.2) is 18.2 Å². The molecule has 1 aliphatic rings. The number of aryl methyl sites for hydroxylation is 1. The third-order valence-electron chi connectivity index (χ3n) is 4.15. The van der Waals surface area contributed by atoms with Gasteiger partial charge in [0.2, 0.25) is 6.79 Å². The number of carbonyl (C=O) groups is 3. The number of aromatic nitrogens is 1. The molecule has 0 bridgehead atoms. The van der Waals surface area contributed by atoms with Gasteiger partial charge in [-0.25, -0.2) is 9.59 Å². The number of carbonyl (C=O) groups excluding carboxylic acids is 3. The summed E-state index contributed by atoms with van der Waals surface area (Å²) in [6, 6.07) is 4.75. The number of hydrogen-bond acceptors (Lipinski definition) is 7. The second kappa shape index (κ2) is 7.53. The van der Waals surface area contributed by atoms with Crippen molar-refractivity contribution in [1.82, 2.24) is 4.98 Å². The normalized spacial score (nSPS) is 12.0. The van der Waals surface area contributed by atoms with Crippen LogP contribution in [-0.4, -0.2) is 42.7 Å². The molecular weight excluding hydrogens is 354 g/mol. The zero-order chi connectivity index (χ0) is 19.6. The van der Waals surface area contributed by atoms with Crippen LogP contribution in [-0.2, 0) is 9.47 Å². The van der Waals surface area contributed by atoms with Crippen molar-refractivity contribution in [3.05, 3.63) is 46.3 Å². The number of ketones is 1. The Bertz CT molecular complexity index is 913. The first-order valence-corrected chi connectivity index (χ1v) is 8.38. The van der Waals surface area contributed by atoms with Crippen molar-refractivity contribution in [3.63, 3.8) is 0 Å². The van der Waals surface area contributed by atoms with Gasteiger partial charge in [-0.2, -0.15) is 0 Å². The number of fused-ring (bicyclic) bond motifs is 1. The van der Waals surface area contributed by atoms with Gasteiger partial charge in [-0.3, -0.25) is 4.79 Å². The molecule has 2 aromatic rings. The van der Waals surface area contributed by atoms with E-state index in [9.17, 15) is 14.4 Å². The maximum atomic E-state index is 12.4. The molecule has 142 valence electrons. The molecule has 0 unspecified atom stereocenters. The molecule has 0 amide bonds. The summed E-state index contributed by atoms with van der Waals surface area (Å²) >= 11 is 0. The molecule has 3 rings (SSSR count). The fourth-order valence-corrected chi connectivity index (χ4v) is 2.82. The maximum Gasteiger partial charge on any atom is 0.355 e. The molecule has 0 saturated carbocycles. The highest BCUT2D eigenvalue weighted by Crippen LogP contribution is 2.32. The van der Waals surface area contributed by atoms with E-state index in [4.69, 9.17) is 18.9 Å². The number of H-pyrrole nitrogens is 1. The Morgan fingerprint density at radius 3 is 2.56 bits per heavy atom. The quantitative estimate of drug-likeness (QED) is 0.613. The highest BCUT2D eigenvalue weighted by molar-refractivity contribution is 6.02. The number of nitrogens with one attached hydrogen (secondary N) is 1. The number of Topliss-reactive ketones (excluding diaryl/α,β-unsaturated/α-hetero) is 1. The van der Waals surface area contributed by atoms with Crippen LogP contribution < -0.4 is 9.47 Å². The first kappa shape index (κ1) is 18.5. The first-order chi connectivity index (χ1) is 12.9. The van der Waals surface area contributed by atoms with E-state index >= 15 is 0 Å². The highest BCUT2D eigenvalue weighted by atomic mass is 16.7. The summed E-state index contributed by atoms with van der Waals surface area (Å²) < 4.78 is 20.5. The van der Waals surface area contributed by atoms with Gasteiger partial charge in [-0.05, 0) is 44.5 Å². The topological polar surface area (TPSA) is 104 Å². The van der Waals surface area contributed by atoms with Gasteiger partial charge >= 0.3 is 11.9 Å². The Morgan fingerprint density at radius 2 is 1.81 bits per heavy atom. The van der Waals surface area contributed by atoms with E-state index in [0.29, 0.717) is 28.3 Å². The summed E-state index contributed by atoms with van der Waals surface area (Å²) in [7, 11) is 0. The number of aromatic amines is 1. The van der Waals surface area contributed by atoms with E-state index < -0.39 is 18.5 Å². The van der Waals surface area contributed by atoms with Crippen molar-refractivity contribution in [2.24, 2.45) is 0 Å². The van der Waals surface area contributed by atoms with E-state index in [0.717, 1.165) is 0 Å². The van der Waals surface area contributed by atoms with Crippen molar-refractivity contribution < 1.29 is 33.3 Å². The molecule has 0 saturated heterocycles. The van der Waals surface area contributed by atoms with Crippen LogP contribution in [0.5, 0.6) is 11.5 Å². The molecule has 27 heavy (non-hydrogen) atoms. The minimum atomic E-state index is -0.689. The summed E-state index contributed by atoms with van der Waals surface area (Å²) in [5.41, 5.74) is 1.66. The van der Waals surface area contributed by atoms with Crippen molar-refractivity contribution in [2.45, 2.75) is 20.8 Å². The smallest absolute Gasteiger partial charge is 0.355 e. The second-order valence-electron chi connectivity index (χ2n) is 5.91. The molecule has 0 fully saturated rings. The highest BCUT2D eigenvalue weighted by Gasteiger charge is 2.24. The van der Waals surface area contributed by atoms with Crippen LogP contribution in [0.3, 0.4) is 0 Å². The third-order valence-corrected chi connectivity index (χ3v) is 4.15. The van der Waals surface area contributed by atoms with Crippen molar-refractivity contribution in [1.29, 1.82) is 0 Å². The van der Waals surface area contributed by atoms with E-state index in [1.807, 2.05) is 0 Å². The fraction of sp³-hybridized carbons (Fsp3) is 0.316. The van der Waals surface area contributed by atoms with E-state index in [-0.39, 0.29) is 30.4 Å². The van der Waals surface area contributed by atoms with Crippen LogP contribution in [0.2, 0.25) is 0 Å². The lowest BCUT2D eigenvalue weighted by Gasteiger charge is -2.06. The van der Waals surface area contributed by atoms with Gasteiger partial charge in [-0.15, -0.1) is 0 Å². The Balaban J connectivity index is 1.69. The molecule has 1 aliphatic heterocycles. The van der Waals surface area contributed by atoms with Gasteiger partial charge in [0.15, 0.2) is 23.9 Å². The summed E-state index contributed by atoms with van der Waals surface area (Å²) in [5.74, 6) is -0.574. The van der Waals surface area contributed by atoms with Crippen molar-refractivity contribution in [3.8, 4) is 11.5 Å². The molecule has 1 aromatic heterocycles. The molecule has 2 heterocycles. The van der Waals surface area contributed by atoms with Crippen LogP contribution in [0.4, 0.5) is 0 Å². The summed E-state index contributed by atoms with van der Waals surface area (Å²) in [5, 5.41) is 0. The maximum absolute atomic E-state index is 12.4. The monoisotopic (exact) mass is 373 g/mol. The van der Waals surface area contributed by atoms with Crippen LogP contribution in [0, 0.1) is 13.8 Å². The zero-order valence-corrected chi connectivity index (χ0v) is 15.2. The molecule has 1 N–H and O–H groups in total. The molecule has 0 radical (unpaired) electrons. The lowest BCUT2D eigenvalue weighted by atomic mass is 10.1. The zero-order valence-electron chi connectivity index (χ0n) is 15.2. The molecule has 1 aromatic carbocycles. The summed E-state index contributed by atoms with van der Waals surface area (Å²) in [4.78, 5) is 39.5. The molecule has 8 heteroatoms. The molecule has 0 spiro atoms. The molecule has 0 atom stereocenters. The number of benzene rings is 1. The van der Waals surface area contributed by atoms with Gasteiger partial charge in [0.05, 0.1) is 12.2 Å². The van der Waals surface area contributed by atoms with Crippen LogP contribution in [0.1, 0.15) is 49.4 Å². The minimum absolute atomic E-state index is 0.108. The van der Waals surface area contributed by atoms with Gasteiger partial charge in [0.1, 0.15) is 5.69 Å². The Kier molecular flexibility index (Phi) is 5.16.